The van der Waals surface area contributed by atoms with Crippen LogP contribution < -0.4 is 10.6 Å². The molecule has 1 heterocycles. The predicted octanol–water partition coefficient (Wildman–Crippen LogP) is 1.88. The molecule has 1 aromatic rings. The van der Waals surface area contributed by atoms with E-state index in [1.54, 1.807) is 6.07 Å². The van der Waals surface area contributed by atoms with Crippen LogP contribution in [0.4, 0.5) is 10.1 Å². The standard InChI is InChI=1S/C14H18FN3O/c1-10(6-13-9-19-5-4-17-13)18-12-2-3-14(15)11(7-12)8-16/h2-3,7,10,13,17-18H,4-6,9H2,1H3. The first-order chi connectivity index (χ1) is 9.19. The number of nitrogens with zero attached hydrogens (tertiary/aromatic N) is 1. The van der Waals surface area contributed by atoms with Crippen molar-refractivity contribution in [1.29, 1.82) is 5.26 Å². The summed E-state index contributed by atoms with van der Waals surface area (Å²) < 4.78 is 18.6. The highest BCUT2D eigenvalue weighted by Gasteiger charge is 2.16. The number of morpholine rings is 1. The van der Waals surface area contributed by atoms with Gasteiger partial charge in [0.2, 0.25) is 0 Å². The molecule has 1 fully saturated rings. The van der Waals surface area contributed by atoms with E-state index in [9.17, 15) is 4.39 Å². The lowest BCUT2D eigenvalue weighted by atomic mass is 10.1. The van der Waals surface area contributed by atoms with Gasteiger partial charge in [0, 0.05) is 24.3 Å². The molecular weight excluding hydrogens is 245 g/mol. The number of hydrogen-bond acceptors (Lipinski definition) is 4. The zero-order valence-corrected chi connectivity index (χ0v) is 10.9. The number of ether oxygens (including phenoxy) is 1. The van der Waals surface area contributed by atoms with E-state index in [2.05, 4.69) is 17.6 Å². The number of nitriles is 1. The molecule has 5 heteroatoms. The quantitative estimate of drug-likeness (QED) is 0.871. The van der Waals surface area contributed by atoms with Crippen LogP contribution in [0.3, 0.4) is 0 Å². The van der Waals surface area contributed by atoms with Gasteiger partial charge in [-0.2, -0.15) is 5.26 Å². The number of halogens is 1. The van der Waals surface area contributed by atoms with Gasteiger partial charge < -0.3 is 15.4 Å². The molecule has 0 aliphatic carbocycles. The van der Waals surface area contributed by atoms with E-state index in [-0.39, 0.29) is 11.6 Å². The van der Waals surface area contributed by atoms with Gasteiger partial charge in [-0.05, 0) is 31.5 Å². The van der Waals surface area contributed by atoms with Crippen molar-refractivity contribution in [3.05, 3.63) is 29.6 Å². The number of benzene rings is 1. The molecule has 0 radical (unpaired) electrons. The third-order valence-electron chi connectivity index (χ3n) is 3.14. The van der Waals surface area contributed by atoms with Crippen LogP contribution in [0.2, 0.25) is 0 Å². The topological polar surface area (TPSA) is 57.1 Å². The number of nitrogens with one attached hydrogen (secondary N) is 2. The maximum atomic E-state index is 13.2. The Bertz CT molecular complexity index is 466. The predicted molar refractivity (Wildman–Crippen MR) is 71.4 cm³/mol. The van der Waals surface area contributed by atoms with Gasteiger partial charge >= 0.3 is 0 Å². The molecule has 0 bridgehead atoms. The second-order valence-corrected chi connectivity index (χ2v) is 4.81. The Labute approximate surface area is 112 Å². The SMILES string of the molecule is CC(CC1COCCN1)Nc1ccc(F)c(C#N)c1. The van der Waals surface area contributed by atoms with Crippen molar-refractivity contribution in [2.75, 3.05) is 25.1 Å². The van der Waals surface area contributed by atoms with Crippen LogP contribution in [-0.4, -0.2) is 31.8 Å². The second-order valence-electron chi connectivity index (χ2n) is 4.81. The van der Waals surface area contributed by atoms with Gasteiger partial charge in [0.05, 0.1) is 18.8 Å². The molecule has 0 aromatic heterocycles. The summed E-state index contributed by atoms with van der Waals surface area (Å²) in [5, 5.41) is 15.5. The number of hydrogen-bond donors (Lipinski definition) is 2. The van der Waals surface area contributed by atoms with Gasteiger partial charge in [-0.25, -0.2) is 4.39 Å². The van der Waals surface area contributed by atoms with E-state index in [0.29, 0.717) is 6.04 Å². The minimum Gasteiger partial charge on any atom is -0.382 e. The van der Waals surface area contributed by atoms with Crippen LogP contribution in [0.15, 0.2) is 18.2 Å². The Morgan fingerprint density at radius 2 is 2.47 bits per heavy atom. The van der Waals surface area contributed by atoms with Crippen molar-refractivity contribution in [3.63, 3.8) is 0 Å². The average molecular weight is 263 g/mol. The molecule has 1 aliphatic heterocycles. The molecule has 19 heavy (non-hydrogen) atoms. The van der Waals surface area contributed by atoms with Crippen molar-refractivity contribution < 1.29 is 9.13 Å². The van der Waals surface area contributed by atoms with Gasteiger partial charge in [0.1, 0.15) is 11.9 Å². The lowest BCUT2D eigenvalue weighted by Gasteiger charge is -2.27. The average Bonchev–Trinajstić information content (AvgIpc) is 2.42. The molecule has 0 saturated carbocycles. The molecule has 0 spiro atoms. The highest BCUT2D eigenvalue weighted by molar-refractivity contribution is 5.50. The summed E-state index contributed by atoms with van der Waals surface area (Å²) in [5.74, 6) is -0.483. The highest BCUT2D eigenvalue weighted by Crippen LogP contribution is 2.16. The first-order valence-corrected chi connectivity index (χ1v) is 6.46. The van der Waals surface area contributed by atoms with Gasteiger partial charge in [0.15, 0.2) is 0 Å². The molecule has 4 nitrogen and oxygen atoms in total. The van der Waals surface area contributed by atoms with E-state index in [4.69, 9.17) is 10.00 Å². The van der Waals surface area contributed by atoms with E-state index >= 15 is 0 Å². The van der Waals surface area contributed by atoms with Crippen molar-refractivity contribution in [1.82, 2.24) is 5.32 Å². The Morgan fingerprint density at radius 1 is 1.63 bits per heavy atom. The van der Waals surface area contributed by atoms with Crippen LogP contribution in [0.5, 0.6) is 0 Å². The zero-order valence-electron chi connectivity index (χ0n) is 10.9. The van der Waals surface area contributed by atoms with Gasteiger partial charge in [0.25, 0.3) is 0 Å². The molecule has 1 aliphatic rings. The van der Waals surface area contributed by atoms with Crippen LogP contribution in [-0.2, 0) is 4.74 Å². The summed E-state index contributed by atoms with van der Waals surface area (Å²) in [6.45, 7) is 4.43. The monoisotopic (exact) mass is 263 g/mol. The third kappa shape index (κ3) is 3.91. The lowest BCUT2D eigenvalue weighted by Crippen LogP contribution is -2.43. The lowest BCUT2D eigenvalue weighted by molar-refractivity contribution is 0.0731. The summed E-state index contributed by atoms with van der Waals surface area (Å²) in [6, 6.07) is 6.91. The number of anilines is 1. The Balaban J connectivity index is 1.91. The van der Waals surface area contributed by atoms with E-state index in [0.717, 1.165) is 31.9 Å². The summed E-state index contributed by atoms with van der Waals surface area (Å²) in [4.78, 5) is 0. The van der Waals surface area contributed by atoms with Crippen molar-refractivity contribution in [2.24, 2.45) is 0 Å². The number of rotatable bonds is 4. The normalized spacial score (nSPS) is 20.6. The molecular formula is C14H18FN3O. The zero-order chi connectivity index (χ0) is 13.7. The second kappa shape index (κ2) is 6.50. The first kappa shape index (κ1) is 13.8. The third-order valence-corrected chi connectivity index (χ3v) is 3.14. The molecule has 0 amide bonds. The summed E-state index contributed by atoms with van der Waals surface area (Å²) in [7, 11) is 0. The van der Waals surface area contributed by atoms with Gasteiger partial charge in [-0.3, -0.25) is 0 Å². The van der Waals surface area contributed by atoms with Gasteiger partial charge in [-0.1, -0.05) is 0 Å². The molecule has 1 saturated heterocycles. The highest BCUT2D eigenvalue weighted by atomic mass is 19.1. The summed E-state index contributed by atoms with van der Waals surface area (Å²) >= 11 is 0. The smallest absolute Gasteiger partial charge is 0.141 e. The largest absolute Gasteiger partial charge is 0.382 e. The minimum atomic E-state index is -0.483. The molecule has 102 valence electrons. The van der Waals surface area contributed by atoms with Crippen molar-refractivity contribution in [2.45, 2.75) is 25.4 Å². The van der Waals surface area contributed by atoms with E-state index in [1.807, 2.05) is 6.07 Å². The minimum absolute atomic E-state index is 0.0660. The maximum absolute atomic E-state index is 13.2. The fourth-order valence-corrected chi connectivity index (χ4v) is 2.24. The van der Waals surface area contributed by atoms with Crippen LogP contribution in [0.25, 0.3) is 0 Å². The fraction of sp³-hybridized carbons (Fsp3) is 0.500. The summed E-state index contributed by atoms with van der Waals surface area (Å²) in [5.41, 5.74) is 0.832. The molecule has 2 rings (SSSR count). The van der Waals surface area contributed by atoms with Crippen molar-refractivity contribution >= 4 is 5.69 Å². The first-order valence-electron chi connectivity index (χ1n) is 6.46. The molecule has 2 N–H and O–H groups in total. The molecule has 1 aromatic carbocycles. The Morgan fingerprint density at radius 3 is 3.16 bits per heavy atom. The molecule has 2 atom stereocenters. The van der Waals surface area contributed by atoms with Crippen LogP contribution >= 0.6 is 0 Å². The summed E-state index contributed by atoms with van der Waals surface area (Å²) in [6.07, 6.45) is 0.916. The van der Waals surface area contributed by atoms with Gasteiger partial charge in [-0.15, -0.1) is 0 Å². The van der Waals surface area contributed by atoms with Crippen LogP contribution in [0.1, 0.15) is 18.9 Å². The maximum Gasteiger partial charge on any atom is 0.141 e. The Hall–Kier alpha value is -1.64. The van der Waals surface area contributed by atoms with Crippen LogP contribution in [0, 0.1) is 17.1 Å². The van der Waals surface area contributed by atoms with E-state index < -0.39 is 5.82 Å². The van der Waals surface area contributed by atoms with Crippen molar-refractivity contribution in [3.8, 4) is 6.07 Å². The Kier molecular flexibility index (Phi) is 4.72. The molecule has 2 unspecified atom stereocenters. The van der Waals surface area contributed by atoms with E-state index in [1.165, 1.54) is 12.1 Å². The fourth-order valence-electron chi connectivity index (χ4n) is 2.24.